The Morgan fingerprint density at radius 3 is 2.27 bits per heavy atom. The number of benzene rings is 2. The Morgan fingerprint density at radius 1 is 1.00 bits per heavy atom. The van der Waals surface area contributed by atoms with Crippen molar-refractivity contribution in [2.24, 2.45) is 0 Å². The average molecular weight is 430 g/mol. The quantitative estimate of drug-likeness (QED) is 0.675. The molecule has 1 N–H and O–H groups in total. The highest BCUT2D eigenvalue weighted by atomic mass is 32.2. The Balaban J connectivity index is 1.68. The third-order valence-corrected chi connectivity index (χ3v) is 6.83. The Hall–Kier alpha value is -2.34. The molecule has 2 aromatic carbocycles. The van der Waals surface area contributed by atoms with Crippen LogP contribution in [0.15, 0.2) is 47.4 Å². The number of ether oxygens (including phenoxy) is 1. The average Bonchev–Trinajstić information content (AvgIpc) is 2.75. The van der Waals surface area contributed by atoms with Crippen LogP contribution < -0.4 is 10.1 Å². The number of nitrogens with one attached hydrogen (secondary N) is 1. The van der Waals surface area contributed by atoms with Crippen LogP contribution in [-0.4, -0.2) is 26.7 Å². The summed E-state index contributed by atoms with van der Waals surface area (Å²) in [6.07, 6.45) is 6.48. The number of rotatable bonds is 8. The number of carbonyl (C=O) groups excluding carboxylic acids is 1. The predicted octanol–water partition coefficient (Wildman–Crippen LogP) is 4.39. The number of aryl methyl sites for hydroxylation is 2. The second kappa shape index (κ2) is 9.65. The van der Waals surface area contributed by atoms with Gasteiger partial charge in [-0.15, -0.1) is 0 Å². The lowest BCUT2D eigenvalue weighted by Gasteiger charge is -2.23. The van der Waals surface area contributed by atoms with Crippen LogP contribution >= 0.6 is 0 Å². The normalized spacial score (nSPS) is 15.7. The van der Waals surface area contributed by atoms with E-state index in [1.165, 1.54) is 30.2 Å². The van der Waals surface area contributed by atoms with Crippen LogP contribution in [0.25, 0.3) is 0 Å². The zero-order chi connectivity index (χ0) is 21.7. The van der Waals surface area contributed by atoms with Gasteiger partial charge in [-0.3, -0.25) is 4.79 Å². The van der Waals surface area contributed by atoms with Gasteiger partial charge in [0.05, 0.1) is 10.9 Å². The number of sulfone groups is 1. The van der Waals surface area contributed by atoms with Crippen molar-refractivity contribution in [3.63, 3.8) is 0 Å². The van der Waals surface area contributed by atoms with Crippen molar-refractivity contribution in [3.05, 3.63) is 59.2 Å². The maximum atomic E-state index is 12.9. The van der Waals surface area contributed by atoms with Gasteiger partial charge in [-0.2, -0.15) is 0 Å². The highest BCUT2D eigenvalue weighted by molar-refractivity contribution is 7.90. The van der Waals surface area contributed by atoms with E-state index < -0.39 is 15.9 Å². The summed E-state index contributed by atoms with van der Waals surface area (Å²) < 4.78 is 29.4. The van der Waals surface area contributed by atoms with Gasteiger partial charge >= 0.3 is 0 Å². The van der Waals surface area contributed by atoms with Gasteiger partial charge in [0.1, 0.15) is 5.75 Å². The number of hydrogen-bond acceptors (Lipinski definition) is 4. The molecule has 1 aliphatic carbocycles. The minimum absolute atomic E-state index is 0.158. The van der Waals surface area contributed by atoms with E-state index in [0.717, 1.165) is 24.2 Å². The van der Waals surface area contributed by atoms with E-state index in [4.69, 9.17) is 4.74 Å². The van der Waals surface area contributed by atoms with Gasteiger partial charge < -0.3 is 10.1 Å². The first-order chi connectivity index (χ1) is 14.3. The molecule has 0 saturated carbocycles. The second-order valence-corrected chi connectivity index (χ2v) is 9.98. The molecule has 3 rings (SSSR count). The van der Waals surface area contributed by atoms with Crippen LogP contribution in [0.5, 0.6) is 5.75 Å². The van der Waals surface area contributed by atoms with E-state index in [9.17, 15) is 13.2 Å². The Kier molecular flexibility index (Phi) is 7.19. The van der Waals surface area contributed by atoms with Crippen LogP contribution in [0.3, 0.4) is 0 Å². The van der Waals surface area contributed by atoms with Crippen molar-refractivity contribution in [1.82, 2.24) is 5.32 Å². The minimum atomic E-state index is -3.24. The highest BCUT2D eigenvalue weighted by Crippen LogP contribution is 2.26. The lowest BCUT2D eigenvalue weighted by atomic mass is 9.92. The van der Waals surface area contributed by atoms with E-state index >= 15 is 0 Å². The molecule has 1 amide bonds. The van der Waals surface area contributed by atoms with Crippen molar-refractivity contribution in [2.75, 3.05) is 6.26 Å². The van der Waals surface area contributed by atoms with Crippen molar-refractivity contribution >= 4 is 15.7 Å². The molecule has 2 aromatic rings. The lowest BCUT2D eigenvalue weighted by molar-refractivity contribution is -0.128. The summed E-state index contributed by atoms with van der Waals surface area (Å²) in [5.74, 6) is 0.581. The molecule has 0 aliphatic heterocycles. The van der Waals surface area contributed by atoms with Crippen molar-refractivity contribution in [1.29, 1.82) is 0 Å². The summed E-state index contributed by atoms with van der Waals surface area (Å²) in [6, 6.07) is 12.6. The molecule has 0 heterocycles. The maximum absolute atomic E-state index is 12.9. The Morgan fingerprint density at radius 2 is 1.67 bits per heavy atom. The van der Waals surface area contributed by atoms with E-state index in [0.29, 0.717) is 12.8 Å². The third kappa shape index (κ3) is 5.42. The summed E-state index contributed by atoms with van der Waals surface area (Å²) in [5, 5.41) is 3.06. The van der Waals surface area contributed by atoms with Crippen molar-refractivity contribution < 1.29 is 17.9 Å². The molecule has 2 atom stereocenters. The highest BCUT2D eigenvalue weighted by Gasteiger charge is 2.23. The second-order valence-electron chi connectivity index (χ2n) is 7.96. The molecule has 0 bridgehead atoms. The molecular weight excluding hydrogens is 398 g/mol. The fourth-order valence-corrected chi connectivity index (χ4v) is 4.53. The molecule has 2 unspecified atom stereocenters. The fourth-order valence-electron chi connectivity index (χ4n) is 3.90. The summed E-state index contributed by atoms with van der Waals surface area (Å²) in [4.78, 5) is 13.2. The van der Waals surface area contributed by atoms with E-state index in [1.807, 2.05) is 19.9 Å². The predicted molar refractivity (Wildman–Crippen MR) is 119 cm³/mol. The Labute approximate surface area is 179 Å². The first kappa shape index (κ1) is 22.3. The largest absolute Gasteiger partial charge is 0.481 e. The van der Waals surface area contributed by atoms with E-state index in [-0.39, 0.29) is 16.8 Å². The van der Waals surface area contributed by atoms with E-state index in [1.54, 1.807) is 24.3 Å². The first-order valence-electron chi connectivity index (χ1n) is 10.7. The lowest BCUT2D eigenvalue weighted by Crippen LogP contribution is -2.40. The van der Waals surface area contributed by atoms with Gasteiger partial charge in [-0.1, -0.05) is 32.0 Å². The molecule has 0 radical (unpaired) electrons. The van der Waals surface area contributed by atoms with Crippen molar-refractivity contribution in [2.45, 2.75) is 69.4 Å². The zero-order valence-corrected chi connectivity index (χ0v) is 18.8. The molecule has 0 aromatic heterocycles. The number of amides is 1. The van der Waals surface area contributed by atoms with Gasteiger partial charge in [0, 0.05) is 6.26 Å². The SMILES string of the molecule is CCC(Oc1ccc2c(c1)CCCC2)C(=O)NC(CC)c1ccc(S(C)(=O)=O)cc1. The molecule has 0 spiro atoms. The van der Waals surface area contributed by atoms with Crippen LogP contribution in [0.2, 0.25) is 0 Å². The molecule has 162 valence electrons. The Bertz CT molecular complexity index is 983. The van der Waals surface area contributed by atoms with Crippen LogP contribution in [-0.2, 0) is 27.5 Å². The maximum Gasteiger partial charge on any atom is 0.261 e. The molecule has 5 nitrogen and oxygen atoms in total. The number of hydrogen-bond donors (Lipinski definition) is 1. The van der Waals surface area contributed by atoms with Gasteiger partial charge in [-0.05, 0) is 79.5 Å². The molecule has 1 aliphatic rings. The van der Waals surface area contributed by atoms with Gasteiger partial charge in [0.15, 0.2) is 15.9 Å². The monoisotopic (exact) mass is 429 g/mol. The van der Waals surface area contributed by atoms with Gasteiger partial charge in [0.25, 0.3) is 5.91 Å². The van der Waals surface area contributed by atoms with E-state index in [2.05, 4.69) is 17.4 Å². The van der Waals surface area contributed by atoms with Crippen LogP contribution in [0.4, 0.5) is 0 Å². The molecule has 6 heteroatoms. The number of carbonyl (C=O) groups is 1. The number of fused-ring (bicyclic) bond motifs is 1. The molecular formula is C24H31NO4S. The van der Waals surface area contributed by atoms with Gasteiger partial charge in [0.2, 0.25) is 0 Å². The topological polar surface area (TPSA) is 72.5 Å². The molecule has 0 saturated heterocycles. The fraction of sp³-hybridized carbons (Fsp3) is 0.458. The summed E-state index contributed by atoms with van der Waals surface area (Å²) in [7, 11) is -3.24. The van der Waals surface area contributed by atoms with Gasteiger partial charge in [-0.25, -0.2) is 8.42 Å². The standard InChI is InChI=1S/C24H31NO4S/c1-4-22(18-11-14-21(15-12-18)30(3,27)28)25-24(26)23(5-2)29-20-13-10-17-8-6-7-9-19(17)16-20/h10-16,22-23H,4-9H2,1-3H3,(H,25,26). The summed E-state index contributed by atoms with van der Waals surface area (Å²) in [6.45, 7) is 3.92. The minimum Gasteiger partial charge on any atom is -0.481 e. The van der Waals surface area contributed by atoms with Crippen molar-refractivity contribution in [3.8, 4) is 5.75 Å². The smallest absolute Gasteiger partial charge is 0.261 e. The summed E-state index contributed by atoms with van der Waals surface area (Å²) >= 11 is 0. The molecule has 0 fully saturated rings. The summed E-state index contributed by atoms with van der Waals surface area (Å²) in [5.41, 5.74) is 3.59. The van der Waals surface area contributed by atoms with Crippen LogP contribution in [0, 0.1) is 0 Å². The molecule has 30 heavy (non-hydrogen) atoms. The first-order valence-corrected chi connectivity index (χ1v) is 12.6. The third-order valence-electron chi connectivity index (χ3n) is 5.70. The zero-order valence-electron chi connectivity index (χ0n) is 18.0. The van der Waals surface area contributed by atoms with Crippen LogP contribution in [0.1, 0.15) is 62.3 Å².